The van der Waals surface area contributed by atoms with Crippen LogP contribution < -0.4 is 0 Å². The van der Waals surface area contributed by atoms with Gasteiger partial charge in [-0.25, -0.2) is 0 Å². The summed E-state index contributed by atoms with van der Waals surface area (Å²) in [7, 11) is 0. The second kappa shape index (κ2) is 54.7. The molecule has 1 unspecified atom stereocenters. The van der Waals surface area contributed by atoms with E-state index in [0.717, 1.165) is 89.9 Å². The molecule has 0 aromatic heterocycles. The fourth-order valence-corrected chi connectivity index (χ4v) is 7.95. The lowest BCUT2D eigenvalue weighted by molar-refractivity contribution is -0.167. The van der Waals surface area contributed by atoms with Gasteiger partial charge in [-0.15, -0.1) is 0 Å². The molecule has 0 bridgehead atoms. The lowest BCUT2D eigenvalue weighted by Gasteiger charge is -2.18. The number of allylic oxidation sites excluding steroid dienone is 10. The van der Waals surface area contributed by atoms with Crippen LogP contribution >= 0.6 is 0 Å². The minimum Gasteiger partial charge on any atom is -0.462 e. The second-order valence-electron chi connectivity index (χ2n) is 18.8. The minimum atomic E-state index is -0.776. The van der Waals surface area contributed by atoms with E-state index in [-0.39, 0.29) is 31.1 Å². The van der Waals surface area contributed by atoms with Crippen molar-refractivity contribution in [2.75, 3.05) is 13.2 Å². The molecule has 0 aromatic rings. The first-order chi connectivity index (χ1) is 32.5. The van der Waals surface area contributed by atoms with Crippen molar-refractivity contribution in [3.05, 3.63) is 60.8 Å². The normalized spacial score (nSPS) is 12.5. The number of rotatable bonds is 51. The van der Waals surface area contributed by atoms with Crippen LogP contribution in [0.3, 0.4) is 0 Å². The van der Waals surface area contributed by atoms with Crippen LogP contribution in [-0.4, -0.2) is 37.2 Å². The summed E-state index contributed by atoms with van der Waals surface area (Å²) in [6.07, 6.45) is 68.2. The third-order valence-corrected chi connectivity index (χ3v) is 12.2. The summed E-state index contributed by atoms with van der Waals surface area (Å²) in [6, 6.07) is 0. The van der Waals surface area contributed by atoms with E-state index in [1.165, 1.54) is 154 Å². The van der Waals surface area contributed by atoms with Crippen LogP contribution in [0.15, 0.2) is 60.8 Å². The molecule has 0 aromatic carbocycles. The van der Waals surface area contributed by atoms with Crippen LogP contribution in [0, 0.1) is 0 Å². The number of carbonyl (C=O) groups is 3. The molecule has 382 valence electrons. The topological polar surface area (TPSA) is 78.9 Å². The van der Waals surface area contributed by atoms with Gasteiger partial charge in [-0.05, 0) is 89.9 Å². The maximum atomic E-state index is 12.8. The van der Waals surface area contributed by atoms with Crippen LogP contribution in [0.1, 0.15) is 284 Å². The maximum Gasteiger partial charge on any atom is 0.306 e. The van der Waals surface area contributed by atoms with E-state index < -0.39 is 6.10 Å². The van der Waals surface area contributed by atoms with Gasteiger partial charge in [-0.1, -0.05) is 236 Å². The van der Waals surface area contributed by atoms with Gasteiger partial charge in [0.05, 0.1) is 0 Å². The Morgan fingerprint density at radius 3 is 0.864 bits per heavy atom. The molecule has 0 saturated carbocycles. The monoisotopic (exact) mass is 923 g/mol. The van der Waals surface area contributed by atoms with Crippen LogP contribution in [0.2, 0.25) is 0 Å². The average molecular weight is 924 g/mol. The minimum absolute atomic E-state index is 0.0789. The highest BCUT2D eigenvalue weighted by Gasteiger charge is 2.19. The standard InChI is InChI=1S/C60H106O6/c1-4-7-10-13-15-17-19-21-23-25-27-28-29-30-31-32-33-35-36-38-40-42-44-47-50-53-59(62)65-56-57(55-64-58(61)52-49-46-12-9-6-3)66-60(63)54-51-48-45-43-41-39-37-34-26-24-22-20-18-16-14-11-8-5-2/h18-21,24-27,29-30,57H,4-17,22-23,28,31-56H2,1-3H3/b20-18-,21-19-,26-24-,27-25-,30-29-. The van der Waals surface area contributed by atoms with Crippen molar-refractivity contribution >= 4 is 17.9 Å². The van der Waals surface area contributed by atoms with Crippen molar-refractivity contribution in [1.29, 1.82) is 0 Å². The molecule has 0 heterocycles. The average Bonchev–Trinajstić information content (AvgIpc) is 3.31. The van der Waals surface area contributed by atoms with Crippen LogP contribution in [0.5, 0.6) is 0 Å². The molecule has 0 amide bonds. The van der Waals surface area contributed by atoms with E-state index in [4.69, 9.17) is 14.2 Å². The molecule has 66 heavy (non-hydrogen) atoms. The predicted molar refractivity (Wildman–Crippen MR) is 284 cm³/mol. The van der Waals surface area contributed by atoms with Gasteiger partial charge < -0.3 is 14.2 Å². The van der Waals surface area contributed by atoms with Crippen molar-refractivity contribution in [3.63, 3.8) is 0 Å². The molecule has 0 saturated heterocycles. The number of ether oxygens (including phenoxy) is 3. The zero-order chi connectivity index (χ0) is 47.9. The second-order valence-corrected chi connectivity index (χ2v) is 18.8. The Morgan fingerprint density at radius 2 is 0.545 bits per heavy atom. The molecule has 0 fully saturated rings. The molecule has 0 N–H and O–H groups in total. The van der Waals surface area contributed by atoms with Gasteiger partial charge in [-0.2, -0.15) is 0 Å². The first-order valence-corrected chi connectivity index (χ1v) is 28.3. The first-order valence-electron chi connectivity index (χ1n) is 28.3. The van der Waals surface area contributed by atoms with Gasteiger partial charge in [0.2, 0.25) is 0 Å². The van der Waals surface area contributed by atoms with Crippen molar-refractivity contribution in [1.82, 2.24) is 0 Å². The van der Waals surface area contributed by atoms with E-state index in [1.807, 2.05) is 0 Å². The fourth-order valence-electron chi connectivity index (χ4n) is 7.95. The lowest BCUT2D eigenvalue weighted by atomic mass is 10.1. The summed E-state index contributed by atoms with van der Waals surface area (Å²) < 4.78 is 16.7. The third kappa shape index (κ3) is 52.1. The van der Waals surface area contributed by atoms with Crippen molar-refractivity contribution in [2.24, 2.45) is 0 Å². The summed E-state index contributed by atoms with van der Waals surface area (Å²) in [5.41, 5.74) is 0. The number of esters is 3. The Morgan fingerprint density at radius 1 is 0.303 bits per heavy atom. The van der Waals surface area contributed by atoms with Gasteiger partial charge in [0.15, 0.2) is 6.10 Å². The van der Waals surface area contributed by atoms with Gasteiger partial charge in [0.25, 0.3) is 0 Å². The summed E-state index contributed by atoms with van der Waals surface area (Å²) in [6.45, 7) is 6.53. The summed E-state index contributed by atoms with van der Waals surface area (Å²) in [5.74, 6) is -0.897. The molecule has 6 heteroatoms. The van der Waals surface area contributed by atoms with Crippen molar-refractivity contribution < 1.29 is 28.6 Å². The van der Waals surface area contributed by atoms with Gasteiger partial charge in [-0.3, -0.25) is 14.4 Å². The van der Waals surface area contributed by atoms with E-state index in [0.29, 0.717) is 19.3 Å². The Bertz CT molecular complexity index is 1200. The number of carbonyl (C=O) groups excluding carboxylic acids is 3. The fraction of sp³-hybridized carbons (Fsp3) is 0.783. The summed E-state index contributed by atoms with van der Waals surface area (Å²) >= 11 is 0. The molecule has 1 atom stereocenters. The zero-order valence-corrected chi connectivity index (χ0v) is 43.7. The van der Waals surface area contributed by atoms with Crippen LogP contribution in [0.25, 0.3) is 0 Å². The Labute approximate surface area is 409 Å². The van der Waals surface area contributed by atoms with Crippen molar-refractivity contribution in [3.8, 4) is 0 Å². The van der Waals surface area contributed by atoms with Gasteiger partial charge >= 0.3 is 17.9 Å². The largest absolute Gasteiger partial charge is 0.462 e. The number of hydrogen-bond acceptors (Lipinski definition) is 6. The molecule has 0 aliphatic heterocycles. The molecule has 0 spiro atoms. The highest BCUT2D eigenvalue weighted by atomic mass is 16.6. The van der Waals surface area contributed by atoms with Crippen molar-refractivity contribution in [2.45, 2.75) is 290 Å². The van der Waals surface area contributed by atoms with E-state index >= 15 is 0 Å². The molecule has 0 rings (SSSR count). The zero-order valence-electron chi connectivity index (χ0n) is 43.7. The number of unbranched alkanes of at least 4 members (excludes halogenated alkanes) is 30. The SMILES string of the molecule is CCCCCC/C=C\C/C=C\CCCCCCCCCC(=O)OC(COC(=O)CCCCCCC)COC(=O)CCCCCCCCCCCC/C=C\C/C=C\C/C=C\CCCCCCC. The smallest absolute Gasteiger partial charge is 0.306 e. The Hall–Kier alpha value is -2.89. The molecular weight excluding hydrogens is 817 g/mol. The Balaban J connectivity index is 4.11. The molecular formula is C60H106O6. The van der Waals surface area contributed by atoms with Crippen LogP contribution in [-0.2, 0) is 28.6 Å². The lowest BCUT2D eigenvalue weighted by Crippen LogP contribution is -2.30. The van der Waals surface area contributed by atoms with Crippen LogP contribution in [0.4, 0.5) is 0 Å². The number of hydrogen-bond donors (Lipinski definition) is 0. The van der Waals surface area contributed by atoms with Gasteiger partial charge in [0.1, 0.15) is 13.2 Å². The molecule has 0 radical (unpaired) electrons. The van der Waals surface area contributed by atoms with E-state index in [2.05, 4.69) is 81.5 Å². The Kier molecular flexibility index (Phi) is 52.3. The van der Waals surface area contributed by atoms with E-state index in [1.54, 1.807) is 0 Å². The third-order valence-electron chi connectivity index (χ3n) is 12.2. The van der Waals surface area contributed by atoms with Gasteiger partial charge in [0, 0.05) is 19.3 Å². The highest BCUT2D eigenvalue weighted by Crippen LogP contribution is 2.15. The molecule has 0 aliphatic rings. The maximum absolute atomic E-state index is 12.8. The first kappa shape index (κ1) is 63.1. The molecule has 0 aliphatic carbocycles. The quantitative estimate of drug-likeness (QED) is 0.0262. The summed E-state index contributed by atoms with van der Waals surface area (Å²) in [5, 5.41) is 0. The molecule has 6 nitrogen and oxygen atoms in total. The highest BCUT2D eigenvalue weighted by molar-refractivity contribution is 5.71. The van der Waals surface area contributed by atoms with E-state index in [9.17, 15) is 14.4 Å². The predicted octanol–water partition coefficient (Wildman–Crippen LogP) is 18.8. The summed E-state index contributed by atoms with van der Waals surface area (Å²) in [4.78, 5) is 37.8.